The van der Waals surface area contributed by atoms with Crippen LogP contribution in [0.2, 0.25) is 0 Å². The molecule has 14 heavy (non-hydrogen) atoms. The maximum Gasteiger partial charge on any atom is 0.0681 e. The number of benzene rings is 1. The van der Waals surface area contributed by atoms with Crippen molar-refractivity contribution >= 4 is 0 Å². The van der Waals surface area contributed by atoms with E-state index < -0.39 is 0 Å². The van der Waals surface area contributed by atoms with Gasteiger partial charge in [-0.2, -0.15) is 0 Å². The molecule has 0 amide bonds. The first-order valence-electron chi connectivity index (χ1n) is 5.18. The number of aliphatic hydroxyl groups is 1. The zero-order valence-electron chi connectivity index (χ0n) is 8.53. The van der Waals surface area contributed by atoms with Crippen molar-refractivity contribution < 1.29 is 5.11 Å². The molecule has 0 radical (unpaired) electrons. The Morgan fingerprint density at radius 2 is 2.21 bits per heavy atom. The Morgan fingerprint density at radius 1 is 1.50 bits per heavy atom. The monoisotopic (exact) mass is 191 g/mol. The Kier molecular flexibility index (Phi) is 2.57. The molecule has 2 rings (SSSR count). The summed E-state index contributed by atoms with van der Waals surface area (Å²) in [5.74, 6) is 0.669. The van der Waals surface area contributed by atoms with Crippen molar-refractivity contribution in [1.82, 2.24) is 0 Å². The van der Waals surface area contributed by atoms with Gasteiger partial charge in [-0.1, -0.05) is 18.2 Å². The smallest absolute Gasteiger partial charge is 0.0681 e. The van der Waals surface area contributed by atoms with E-state index in [1.807, 2.05) is 18.2 Å². The largest absolute Gasteiger partial charge is 0.392 e. The number of aliphatic hydroxyl groups excluding tert-OH is 1. The average molecular weight is 191 g/mol. The van der Waals surface area contributed by atoms with Crippen LogP contribution in [0.5, 0.6) is 0 Å². The van der Waals surface area contributed by atoms with Crippen LogP contribution in [0, 0.1) is 12.8 Å². The lowest BCUT2D eigenvalue weighted by atomic mass is 9.96. The molecule has 2 nitrogen and oxygen atoms in total. The Balaban J connectivity index is 2.29. The molecular weight excluding hydrogens is 174 g/mol. The molecule has 1 aromatic carbocycles. The first-order valence-corrected chi connectivity index (χ1v) is 5.18. The van der Waals surface area contributed by atoms with Gasteiger partial charge >= 0.3 is 0 Å². The van der Waals surface area contributed by atoms with Crippen molar-refractivity contribution in [1.29, 1.82) is 0 Å². The van der Waals surface area contributed by atoms with E-state index in [9.17, 15) is 0 Å². The van der Waals surface area contributed by atoms with E-state index in [0.717, 1.165) is 5.56 Å². The molecule has 0 aliphatic heterocycles. The second-order valence-corrected chi connectivity index (χ2v) is 4.21. The maximum atomic E-state index is 9.05. The molecule has 76 valence electrons. The van der Waals surface area contributed by atoms with E-state index >= 15 is 0 Å². The highest BCUT2D eigenvalue weighted by Gasteiger charge is 2.30. The van der Waals surface area contributed by atoms with Crippen LogP contribution in [0.25, 0.3) is 0 Å². The predicted octanol–water partition coefficient (Wildman–Crippen LogP) is 1.90. The lowest BCUT2D eigenvalue weighted by Crippen LogP contribution is -2.14. The van der Waals surface area contributed by atoms with Crippen molar-refractivity contribution in [2.24, 2.45) is 11.7 Å². The van der Waals surface area contributed by atoms with Gasteiger partial charge in [0.15, 0.2) is 0 Å². The fourth-order valence-electron chi connectivity index (χ4n) is 1.86. The molecule has 0 heterocycles. The van der Waals surface area contributed by atoms with Crippen molar-refractivity contribution in [3.63, 3.8) is 0 Å². The number of rotatable bonds is 3. The van der Waals surface area contributed by atoms with Crippen LogP contribution >= 0.6 is 0 Å². The van der Waals surface area contributed by atoms with Crippen LogP contribution < -0.4 is 5.73 Å². The van der Waals surface area contributed by atoms with Gasteiger partial charge in [-0.25, -0.2) is 0 Å². The second-order valence-electron chi connectivity index (χ2n) is 4.21. The third-order valence-corrected chi connectivity index (χ3v) is 3.02. The summed E-state index contributed by atoms with van der Waals surface area (Å²) in [7, 11) is 0. The van der Waals surface area contributed by atoms with Gasteiger partial charge in [0.1, 0.15) is 0 Å². The molecule has 3 N–H and O–H groups in total. The fraction of sp³-hybridized carbons (Fsp3) is 0.500. The van der Waals surface area contributed by atoms with Gasteiger partial charge in [0.25, 0.3) is 0 Å². The molecule has 2 heteroatoms. The first-order chi connectivity index (χ1) is 6.72. The molecule has 0 unspecified atom stereocenters. The second kappa shape index (κ2) is 3.71. The number of nitrogens with two attached hydrogens (primary N) is 1. The lowest BCUT2D eigenvalue weighted by molar-refractivity contribution is 0.281. The quantitative estimate of drug-likeness (QED) is 0.766. The minimum absolute atomic E-state index is 0.102. The third kappa shape index (κ3) is 1.81. The summed E-state index contributed by atoms with van der Waals surface area (Å²) < 4.78 is 0. The van der Waals surface area contributed by atoms with Gasteiger partial charge in [-0.15, -0.1) is 0 Å². The van der Waals surface area contributed by atoms with Crippen molar-refractivity contribution in [3.8, 4) is 0 Å². The highest BCUT2D eigenvalue weighted by atomic mass is 16.3. The van der Waals surface area contributed by atoms with E-state index in [4.69, 9.17) is 10.8 Å². The molecule has 0 bridgehead atoms. The number of aryl methyl sites for hydroxylation is 1. The zero-order chi connectivity index (χ0) is 10.1. The van der Waals surface area contributed by atoms with Crippen molar-refractivity contribution in [2.45, 2.75) is 32.4 Å². The van der Waals surface area contributed by atoms with Crippen LogP contribution in [0.1, 0.15) is 35.6 Å². The van der Waals surface area contributed by atoms with Gasteiger partial charge in [0, 0.05) is 6.04 Å². The number of hydrogen-bond donors (Lipinski definition) is 2. The van der Waals surface area contributed by atoms with Crippen LogP contribution in [0.4, 0.5) is 0 Å². The van der Waals surface area contributed by atoms with E-state index in [-0.39, 0.29) is 12.6 Å². The first kappa shape index (κ1) is 9.69. The fourth-order valence-corrected chi connectivity index (χ4v) is 1.86. The minimum atomic E-state index is 0.102. The van der Waals surface area contributed by atoms with E-state index in [0.29, 0.717) is 5.92 Å². The van der Waals surface area contributed by atoms with Crippen LogP contribution in [-0.4, -0.2) is 5.11 Å². The molecule has 1 saturated carbocycles. The summed E-state index contributed by atoms with van der Waals surface area (Å²) in [6, 6.07) is 6.21. The van der Waals surface area contributed by atoms with Crippen LogP contribution in [-0.2, 0) is 6.61 Å². The molecule has 1 aliphatic carbocycles. The molecule has 0 spiro atoms. The Bertz CT molecular complexity index is 331. The summed E-state index contributed by atoms with van der Waals surface area (Å²) in [6.45, 7) is 2.18. The maximum absolute atomic E-state index is 9.05. The summed E-state index contributed by atoms with van der Waals surface area (Å²) >= 11 is 0. The normalized spacial score (nSPS) is 18.2. The highest BCUT2D eigenvalue weighted by Crippen LogP contribution is 2.40. The standard InChI is InChI=1S/C12H17NO/c1-8-2-3-9(7-14)6-11(8)12(13)10-4-5-10/h2-3,6,10,12,14H,4-5,7,13H2,1H3/t12-/m0/s1. The molecular formula is C12H17NO. The van der Waals surface area contributed by atoms with Gasteiger partial charge in [0.2, 0.25) is 0 Å². The Labute approximate surface area is 84.7 Å². The molecule has 1 aromatic rings. The Morgan fingerprint density at radius 3 is 2.79 bits per heavy atom. The topological polar surface area (TPSA) is 46.2 Å². The molecule has 0 aromatic heterocycles. The molecule has 0 saturated heterocycles. The van der Waals surface area contributed by atoms with Crippen LogP contribution in [0.3, 0.4) is 0 Å². The molecule has 1 aliphatic rings. The van der Waals surface area contributed by atoms with E-state index in [2.05, 4.69) is 6.92 Å². The molecule has 1 atom stereocenters. The van der Waals surface area contributed by atoms with Crippen LogP contribution in [0.15, 0.2) is 18.2 Å². The Hall–Kier alpha value is -0.860. The highest BCUT2D eigenvalue weighted by molar-refractivity contribution is 5.34. The minimum Gasteiger partial charge on any atom is -0.392 e. The van der Waals surface area contributed by atoms with Gasteiger partial charge in [-0.3, -0.25) is 0 Å². The summed E-state index contributed by atoms with van der Waals surface area (Å²) in [5.41, 5.74) is 9.55. The SMILES string of the molecule is Cc1ccc(CO)cc1[C@@H](N)C1CC1. The van der Waals surface area contributed by atoms with Gasteiger partial charge in [0.05, 0.1) is 6.61 Å². The van der Waals surface area contributed by atoms with E-state index in [1.165, 1.54) is 24.0 Å². The lowest BCUT2D eigenvalue weighted by Gasteiger charge is -2.14. The summed E-state index contributed by atoms with van der Waals surface area (Å²) in [6.07, 6.45) is 2.51. The van der Waals surface area contributed by atoms with Crippen molar-refractivity contribution in [3.05, 3.63) is 34.9 Å². The van der Waals surface area contributed by atoms with Gasteiger partial charge in [-0.05, 0) is 42.4 Å². The summed E-state index contributed by atoms with van der Waals surface area (Å²) in [5, 5.41) is 9.05. The van der Waals surface area contributed by atoms with Crippen molar-refractivity contribution in [2.75, 3.05) is 0 Å². The third-order valence-electron chi connectivity index (χ3n) is 3.02. The zero-order valence-corrected chi connectivity index (χ0v) is 8.53. The van der Waals surface area contributed by atoms with E-state index in [1.54, 1.807) is 0 Å². The number of hydrogen-bond acceptors (Lipinski definition) is 2. The van der Waals surface area contributed by atoms with Gasteiger partial charge < -0.3 is 10.8 Å². The average Bonchev–Trinajstić information content (AvgIpc) is 3.01. The molecule has 1 fully saturated rings. The predicted molar refractivity (Wildman–Crippen MR) is 56.8 cm³/mol. The summed E-state index contributed by atoms with van der Waals surface area (Å²) in [4.78, 5) is 0.